The average Bonchev–Trinajstić information content (AvgIpc) is 3.11. The number of rotatable bonds is 5. The van der Waals surface area contributed by atoms with Crippen LogP contribution in [0, 0.1) is 11.8 Å². The van der Waals surface area contributed by atoms with Crippen LogP contribution in [0.15, 0.2) is 32.3 Å². The summed E-state index contributed by atoms with van der Waals surface area (Å²) < 4.78 is 39.4. The van der Waals surface area contributed by atoms with Crippen LogP contribution < -0.4 is 5.76 Å². The van der Waals surface area contributed by atoms with Gasteiger partial charge in [0.25, 0.3) is 0 Å². The number of nitrogens with zero attached hydrogens (tertiary/aromatic N) is 3. The molecule has 1 atom stereocenters. The predicted octanol–water partition coefficient (Wildman–Crippen LogP) is 1.33. The molecule has 0 N–H and O–H groups in total. The third kappa shape index (κ3) is 4.56. The minimum Gasteiger partial charge on any atom is -0.466 e. The Morgan fingerprint density at radius 2 is 1.85 bits per heavy atom. The lowest BCUT2D eigenvalue weighted by atomic mass is 9.93. The summed E-state index contributed by atoms with van der Waals surface area (Å²) in [5.74, 6) is -1.46. The van der Waals surface area contributed by atoms with Gasteiger partial charge < -0.3 is 14.1 Å². The molecule has 1 unspecified atom stereocenters. The topological polar surface area (TPSA) is 119 Å². The zero-order valence-corrected chi connectivity index (χ0v) is 19.7. The molecule has 2 fully saturated rings. The van der Waals surface area contributed by atoms with Gasteiger partial charge in [0.05, 0.1) is 28.9 Å². The molecule has 2 saturated heterocycles. The highest BCUT2D eigenvalue weighted by Crippen LogP contribution is 2.28. The zero-order chi connectivity index (χ0) is 23.8. The van der Waals surface area contributed by atoms with E-state index in [0.717, 1.165) is 0 Å². The first-order chi connectivity index (χ1) is 15.7. The number of ether oxygens (including phenoxy) is 1. The number of amides is 1. The summed E-state index contributed by atoms with van der Waals surface area (Å²) in [5, 5.41) is 0. The Hall–Kier alpha value is -2.66. The van der Waals surface area contributed by atoms with Crippen molar-refractivity contribution in [3.63, 3.8) is 0 Å². The number of benzene rings is 1. The third-order valence-electron chi connectivity index (χ3n) is 6.56. The normalized spacial score (nSPS) is 20.8. The van der Waals surface area contributed by atoms with Gasteiger partial charge in [-0.25, -0.2) is 13.2 Å². The number of fused-ring (bicyclic) bond motifs is 1. The number of carbonyl (C=O) groups is 2. The van der Waals surface area contributed by atoms with E-state index < -0.39 is 21.7 Å². The Morgan fingerprint density at radius 3 is 2.55 bits per heavy atom. The van der Waals surface area contributed by atoms with Crippen LogP contribution in [0.4, 0.5) is 0 Å². The number of aromatic nitrogens is 1. The van der Waals surface area contributed by atoms with E-state index in [4.69, 9.17) is 9.15 Å². The van der Waals surface area contributed by atoms with E-state index >= 15 is 0 Å². The molecule has 0 bridgehead atoms. The molecule has 2 aliphatic heterocycles. The van der Waals surface area contributed by atoms with Crippen molar-refractivity contribution in [3.8, 4) is 0 Å². The first-order valence-electron chi connectivity index (χ1n) is 11.3. The van der Waals surface area contributed by atoms with Crippen LogP contribution >= 0.6 is 0 Å². The molecule has 1 aromatic heterocycles. The monoisotopic (exact) mass is 479 g/mol. The van der Waals surface area contributed by atoms with Crippen molar-refractivity contribution in [2.45, 2.75) is 37.5 Å². The Balaban J connectivity index is 1.44. The Labute approximate surface area is 192 Å². The minimum absolute atomic E-state index is 0.0349. The van der Waals surface area contributed by atoms with Gasteiger partial charge in [-0.05, 0) is 44.7 Å². The van der Waals surface area contributed by atoms with Crippen molar-refractivity contribution in [1.29, 1.82) is 0 Å². The Bertz CT molecular complexity index is 1210. The van der Waals surface area contributed by atoms with Crippen LogP contribution in [0.1, 0.15) is 32.6 Å². The number of hydrogen-bond acceptors (Lipinski definition) is 7. The van der Waals surface area contributed by atoms with E-state index in [1.54, 1.807) is 24.9 Å². The molecule has 180 valence electrons. The number of carbonyl (C=O) groups excluding carboxylic acids is 2. The van der Waals surface area contributed by atoms with Crippen LogP contribution in [0.25, 0.3) is 11.1 Å². The van der Waals surface area contributed by atoms with Gasteiger partial charge in [-0.2, -0.15) is 4.31 Å². The molecule has 4 rings (SSSR count). The van der Waals surface area contributed by atoms with Crippen molar-refractivity contribution < 1.29 is 27.2 Å². The summed E-state index contributed by atoms with van der Waals surface area (Å²) in [7, 11) is -2.30. The second-order valence-electron chi connectivity index (χ2n) is 8.61. The fourth-order valence-electron chi connectivity index (χ4n) is 4.64. The second kappa shape index (κ2) is 9.30. The summed E-state index contributed by atoms with van der Waals surface area (Å²) in [4.78, 5) is 38.6. The second-order valence-corrected chi connectivity index (χ2v) is 10.5. The van der Waals surface area contributed by atoms with Crippen LogP contribution in [0.5, 0.6) is 0 Å². The van der Waals surface area contributed by atoms with Gasteiger partial charge in [0.15, 0.2) is 5.58 Å². The van der Waals surface area contributed by atoms with Gasteiger partial charge in [-0.3, -0.25) is 14.2 Å². The molecule has 0 aliphatic carbocycles. The smallest absolute Gasteiger partial charge is 0.419 e. The zero-order valence-electron chi connectivity index (χ0n) is 18.9. The van der Waals surface area contributed by atoms with Gasteiger partial charge >= 0.3 is 11.7 Å². The first kappa shape index (κ1) is 23.5. The molecule has 3 heterocycles. The van der Waals surface area contributed by atoms with E-state index in [2.05, 4.69) is 0 Å². The molecule has 10 nitrogen and oxygen atoms in total. The molecule has 0 spiro atoms. The van der Waals surface area contributed by atoms with Crippen LogP contribution in [0.2, 0.25) is 0 Å². The number of piperidine rings is 2. The van der Waals surface area contributed by atoms with Crippen molar-refractivity contribution in [2.75, 3.05) is 32.8 Å². The van der Waals surface area contributed by atoms with E-state index in [9.17, 15) is 22.8 Å². The van der Waals surface area contributed by atoms with Crippen LogP contribution in [-0.4, -0.2) is 66.9 Å². The van der Waals surface area contributed by atoms with E-state index in [1.807, 2.05) is 0 Å². The van der Waals surface area contributed by atoms with Gasteiger partial charge in [0, 0.05) is 39.3 Å². The molecule has 0 saturated carbocycles. The lowest BCUT2D eigenvalue weighted by molar-refractivity contribution is -0.152. The van der Waals surface area contributed by atoms with Gasteiger partial charge in [0.2, 0.25) is 15.9 Å². The standard InChI is InChI=1S/C22H29N3O7S/c1-3-31-21(27)15-8-11-24(12-9-15)20(26)16-5-4-10-25(14-16)33(29,30)17-6-7-18-19(13-17)32-22(28)23(18)2/h6-7,13,15-16H,3-5,8-12,14H2,1-2H3. The van der Waals surface area contributed by atoms with Gasteiger partial charge in [-0.1, -0.05) is 0 Å². The molecule has 1 amide bonds. The molecule has 0 radical (unpaired) electrons. The molecule has 33 heavy (non-hydrogen) atoms. The van der Waals surface area contributed by atoms with Crippen molar-refractivity contribution in [1.82, 2.24) is 13.8 Å². The summed E-state index contributed by atoms with van der Waals surface area (Å²) in [6, 6.07) is 4.36. The summed E-state index contributed by atoms with van der Waals surface area (Å²) in [6.45, 7) is 3.48. The maximum absolute atomic E-state index is 13.3. The quantitative estimate of drug-likeness (QED) is 0.594. The van der Waals surface area contributed by atoms with Gasteiger partial charge in [-0.15, -0.1) is 0 Å². The summed E-state index contributed by atoms with van der Waals surface area (Å²) >= 11 is 0. The first-order valence-corrected chi connectivity index (χ1v) is 12.7. The number of likely N-dealkylation sites (tertiary alicyclic amines) is 1. The maximum Gasteiger partial charge on any atom is 0.419 e. The number of hydrogen-bond donors (Lipinski definition) is 0. The van der Waals surface area contributed by atoms with Crippen LogP contribution in [0.3, 0.4) is 0 Å². The van der Waals surface area contributed by atoms with E-state index in [1.165, 1.54) is 21.0 Å². The summed E-state index contributed by atoms with van der Waals surface area (Å²) in [5.41, 5.74) is 0.717. The molecule has 2 aliphatic rings. The van der Waals surface area contributed by atoms with E-state index in [-0.39, 0.29) is 34.8 Å². The fraction of sp³-hybridized carbons (Fsp3) is 0.591. The maximum atomic E-state index is 13.3. The number of sulfonamides is 1. The lowest BCUT2D eigenvalue weighted by Gasteiger charge is -2.37. The highest BCUT2D eigenvalue weighted by Gasteiger charge is 2.37. The van der Waals surface area contributed by atoms with Crippen LogP contribution in [-0.2, 0) is 31.4 Å². The number of esters is 1. The minimum atomic E-state index is -3.85. The Morgan fingerprint density at radius 1 is 1.12 bits per heavy atom. The van der Waals surface area contributed by atoms with Crippen molar-refractivity contribution in [3.05, 3.63) is 28.7 Å². The molecule has 11 heteroatoms. The highest BCUT2D eigenvalue weighted by atomic mass is 32.2. The molecule has 2 aromatic rings. The molecular formula is C22H29N3O7S. The predicted molar refractivity (Wildman–Crippen MR) is 119 cm³/mol. The average molecular weight is 480 g/mol. The van der Waals surface area contributed by atoms with Crippen molar-refractivity contribution >= 4 is 33.0 Å². The SMILES string of the molecule is CCOC(=O)C1CCN(C(=O)C2CCCN(S(=O)(=O)c3ccc4c(c3)oc(=O)n4C)C2)CC1. The molecular weight excluding hydrogens is 450 g/mol. The van der Waals surface area contributed by atoms with Crippen molar-refractivity contribution in [2.24, 2.45) is 18.9 Å². The fourth-order valence-corrected chi connectivity index (χ4v) is 6.18. The van der Waals surface area contributed by atoms with Gasteiger partial charge in [0.1, 0.15) is 0 Å². The number of oxazole rings is 1. The third-order valence-corrected chi connectivity index (χ3v) is 8.42. The Kier molecular flexibility index (Phi) is 6.62. The molecule has 1 aromatic carbocycles. The largest absolute Gasteiger partial charge is 0.466 e. The highest BCUT2D eigenvalue weighted by molar-refractivity contribution is 7.89. The van der Waals surface area contributed by atoms with E-state index in [0.29, 0.717) is 57.4 Å². The lowest BCUT2D eigenvalue weighted by Crippen LogP contribution is -2.49. The number of aryl methyl sites for hydroxylation is 1. The summed E-state index contributed by atoms with van der Waals surface area (Å²) in [6.07, 6.45) is 2.32.